The first-order valence-corrected chi connectivity index (χ1v) is 7.40. The summed E-state index contributed by atoms with van der Waals surface area (Å²) >= 11 is 0. The molecule has 0 aromatic carbocycles. The standard InChI is InChI=1S/C14H25N3O4/c1-14(2,3)17-6-4-16(5-7-17)13(20)15-11-9-21-8-10(11)12(18)19/h10-11H,4-9H2,1-3H3,(H,15,20)(H,18,19). The number of amides is 2. The van der Waals surface area contributed by atoms with Crippen molar-refractivity contribution in [2.75, 3.05) is 39.4 Å². The number of piperazine rings is 1. The Morgan fingerprint density at radius 1 is 1.14 bits per heavy atom. The van der Waals surface area contributed by atoms with Crippen LogP contribution in [0.25, 0.3) is 0 Å². The lowest BCUT2D eigenvalue weighted by molar-refractivity contribution is -0.142. The summed E-state index contributed by atoms with van der Waals surface area (Å²) in [7, 11) is 0. The maximum Gasteiger partial charge on any atom is 0.317 e. The smallest absolute Gasteiger partial charge is 0.317 e. The molecule has 2 unspecified atom stereocenters. The second kappa shape index (κ2) is 6.19. The second-order valence-corrected chi connectivity index (χ2v) is 6.68. The van der Waals surface area contributed by atoms with Crippen LogP contribution in [0.1, 0.15) is 20.8 Å². The van der Waals surface area contributed by atoms with Gasteiger partial charge in [0.25, 0.3) is 0 Å². The molecule has 0 aromatic heterocycles. The number of carbonyl (C=O) groups is 2. The zero-order valence-corrected chi connectivity index (χ0v) is 13.0. The molecule has 21 heavy (non-hydrogen) atoms. The number of nitrogens with one attached hydrogen (secondary N) is 1. The number of carbonyl (C=O) groups excluding carboxylic acids is 1. The van der Waals surface area contributed by atoms with Gasteiger partial charge in [-0.1, -0.05) is 0 Å². The number of hydrogen-bond donors (Lipinski definition) is 2. The van der Waals surface area contributed by atoms with Crippen LogP contribution in [-0.4, -0.2) is 77.9 Å². The van der Waals surface area contributed by atoms with Crippen molar-refractivity contribution in [1.29, 1.82) is 0 Å². The van der Waals surface area contributed by atoms with Gasteiger partial charge in [0.15, 0.2) is 0 Å². The summed E-state index contributed by atoms with van der Waals surface area (Å²) in [6, 6.07) is -0.624. The van der Waals surface area contributed by atoms with Crippen LogP contribution < -0.4 is 5.32 Å². The van der Waals surface area contributed by atoms with E-state index >= 15 is 0 Å². The molecule has 0 spiro atoms. The molecule has 2 N–H and O–H groups in total. The molecule has 2 rings (SSSR count). The number of hydrogen-bond acceptors (Lipinski definition) is 4. The van der Waals surface area contributed by atoms with Crippen molar-refractivity contribution in [3.63, 3.8) is 0 Å². The maximum absolute atomic E-state index is 12.2. The lowest BCUT2D eigenvalue weighted by atomic mass is 10.0. The lowest BCUT2D eigenvalue weighted by Crippen LogP contribution is -2.58. The summed E-state index contributed by atoms with van der Waals surface area (Å²) in [5.74, 6) is -1.57. The van der Waals surface area contributed by atoms with E-state index in [1.807, 2.05) is 0 Å². The third-order valence-electron chi connectivity index (χ3n) is 4.22. The molecule has 0 radical (unpaired) electrons. The Morgan fingerprint density at radius 3 is 2.29 bits per heavy atom. The quantitative estimate of drug-likeness (QED) is 0.762. The van der Waals surface area contributed by atoms with Crippen molar-refractivity contribution < 1.29 is 19.4 Å². The van der Waals surface area contributed by atoms with Crippen LogP contribution in [-0.2, 0) is 9.53 Å². The topological polar surface area (TPSA) is 82.1 Å². The third-order valence-corrected chi connectivity index (χ3v) is 4.22. The fraction of sp³-hybridized carbons (Fsp3) is 0.857. The molecular weight excluding hydrogens is 274 g/mol. The minimum absolute atomic E-state index is 0.107. The normalized spacial score (nSPS) is 27.7. The first-order valence-electron chi connectivity index (χ1n) is 7.40. The largest absolute Gasteiger partial charge is 0.481 e. The Morgan fingerprint density at radius 2 is 1.76 bits per heavy atom. The number of ether oxygens (including phenoxy) is 1. The van der Waals surface area contributed by atoms with Crippen molar-refractivity contribution >= 4 is 12.0 Å². The fourth-order valence-electron chi connectivity index (χ4n) is 2.77. The van der Waals surface area contributed by atoms with E-state index in [1.165, 1.54) is 0 Å². The maximum atomic E-state index is 12.2. The van der Waals surface area contributed by atoms with Gasteiger partial charge in [0.05, 0.1) is 19.3 Å². The average molecular weight is 299 g/mol. The van der Waals surface area contributed by atoms with E-state index in [0.717, 1.165) is 13.1 Å². The molecule has 2 fully saturated rings. The molecule has 0 bridgehead atoms. The predicted molar refractivity (Wildman–Crippen MR) is 77.2 cm³/mol. The van der Waals surface area contributed by atoms with Gasteiger partial charge in [-0.3, -0.25) is 9.69 Å². The molecule has 0 saturated carbocycles. The Hall–Kier alpha value is -1.34. The Labute approximate surface area is 125 Å². The van der Waals surface area contributed by atoms with E-state index in [1.54, 1.807) is 4.90 Å². The first kappa shape index (κ1) is 16.0. The van der Waals surface area contributed by atoms with E-state index < -0.39 is 17.9 Å². The first-order chi connectivity index (χ1) is 9.79. The monoisotopic (exact) mass is 299 g/mol. The van der Waals surface area contributed by atoms with Gasteiger partial charge < -0.3 is 20.1 Å². The molecule has 0 aromatic rings. The van der Waals surface area contributed by atoms with Gasteiger partial charge >= 0.3 is 12.0 Å². The van der Waals surface area contributed by atoms with Crippen molar-refractivity contribution in [2.45, 2.75) is 32.4 Å². The fourth-order valence-corrected chi connectivity index (χ4v) is 2.77. The van der Waals surface area contributed by atoms with Crippen molar-refractivity contribution in [3.8, 4) is 0 Å². The van der Waals surface area contributed by atoms with E-state index in [-0.39, 0.29) is 24.8 Å². The van der Waals surface area contributed by atoms with Gasteiger partial charge in [-0.15, -0.1) is 0 Å². The van der Waals surface area contributed by atoms with Crippen LogP contribution in [0.3, 0.4) is 0 Å². The minimum Gasteiger partial charge on any atom is -0.481 e. The molecule has 7 heteroatoms. The van der Waals surface area contributed by atoms with Crippen LogP contribution in [0.4, 0.5) is 4.79 Å². The molecule has 2 amide bonds. The molecule has 2 saturated heterocycles. The SMILES string of the molecule is CC(C)(C)N1CCN(C(=O)NC2COCC2C(=O)O)CC1. The summed E-state index contributed by atoms with van der Waals surface area (Å²) in [6.45, 7) is 9.91. The highest BCUT2D eigenvalue weighted by Crippen LogP contribution is 2.17. The van der Waals surface area contributed by atoms with E-state index in [4.69, 9.17) is 9.84 Å². The number of rotatable bonds is 2. The summed E-state index contributed by atoms with van der Waals surface area (Å²) in [5.41, 5.74) is 0.107. The van der Waals surface area contributed by atoms with Gasteiger partial charge in [0.1, 0.15) is 5.92 Å². The number of urea groups is 1. The Balaban J connectivity index is 1.84. The molecule has 7 nitrogen and oxygen atoms in total. The number of aliphatic carboxylic acids is 1. The van der Waals surface area contributed by atoms with Crippen LogP contribution in [0, 0.1) is 5.92 Å². The molecule has 2 aliphatic heterocycles. The van der Waals surface area contributed by atoms with Crippen LogP contribution in [0.2, 0.25) is 0 Å². The molecule has 120 valence electrons. The zero-order chi connectivity index (χ0) is 15.6. The van der Waals surface area contributed by atoms with Crippen LogP contribution in [0.15, 0.2) is 0 Å². The minimum atomic E-state index is -0.921. The molecule has 2 aliphatic rings. The van der Waals surface area contributed by atoms with Crippen LogP contribution in [0.5, 0.6) is 0 Å². The highest BCUT2D eigenvalue weighted by Gasteiger charge is 2.36. The Bertz CT molecular complexity index is 400. The van der Waals surface area contributed by atoms with Crippen molar-refractivity contribution in [1.82, 2.24) is 15.1 Å². The third kappa shape index (κ3) is 3.85. The van der Waals surface area contributed by atoms with E-state index in [0.29, 0.717) is 13.1 Å². The zero-order valence-electron chi connectivity index (χ0n) is 13.0. The summed E-state index contributed by atoms with van der Waals surface area (Å²) in [4.78, 5) is 27.4. The van der Waals surface area contributed by atoms with E-state index in [2.05, 4.69) is 31.0 Å². The molecule has 2 atom stereocenters. The molecule has 0 aliphatic carbocycles. The predicted octanol–water partition coefficient (Wildman–Crippen LogP) is 0.212. The van der Waals surface area contributed by atoms with Crippen molar-refractivity contribution in [3.05, 3.63) is 0 Å². The summed E-state index contributed by atoms with van der Waals surface area (Å²) < 4.78 is 5.16. The highest BCUT2D eigenvalue weighted by molar-refractivity contribution is 5.77. The second-order valence-electron chi connectivity index (χ2n) is 6.68. The number of carboxylic acid groups (broad SMARTS) is 1. The van der Waals surface area contributed by atoms with Gasteiger partial charge in [0, 0.05) is 31.7 Å². The number of carboxylic acids is 1. The van der Waals surface area contributed by atoms with Crippen molar-refractivity contribution in [2.24, 2.45) is 5.92 Å². The van der Waals surface area contributed by atoms with Gasteiger partial charge in [-0.25, -0.2) is 4.79 Å². The average Bonchev–Trinajstić information content (AvgIpc) is 2.86. The van der Waals surface area contributed by atoms with Gasteiger partial charge in [-0.05, 0) is 20.8 Å². The van der Waals surface area contributed by atoms with Gasteiger partial charge in [-0.2, -0.15) is 0 Å². The lowest BCUT2D eigenvalue weighted by Gasteiger charge is -2.42. The summed E-state index contributed by atoms with van der Waals surface area (Å²) in [5, 5.41) is 11.9. The summed E-state index contributed by atoms with van der Waals surface area (Å²) in [6.07, 6.45) is 0. The van der Waals surface area contributed by atoms with Gasteiger partial charge in [0.2, 0.25) is 0 Å². The van der Waals surface area contributed by atoms with E-state index in [9.17, 15) is 9.59 Å². The van der Waals surface area contributed by atoms with Crippen LogP contribution >= 0.6 is 0 Å². The molecule has 2 heterocycles. The molecular formula is C14H25N3O4. The highest BCUT2D eigenvalue weighted by atomic mass is 16.5. The number of nitrogens with zero attached hydrogens (tertiary/aromatic N) is 2. The Kier molecular flexibility index (Phi) is 4.73.